The number of aromatic nitrogens is 1. The van der Waals surface area contributed by atoms with E-state index in [0.717, 1.165) is 0 Å². The van der Waals surface area contributed by atoms with E-state index in [0.29, 0.717) is 39.5 Å². The van der Waals surface area contributed by atoms with Crippen molar-refractivity contribution in [2.75, 3.05) is 0 Å². The van der Waals surface area contributed by atoms with Gasteiger partial charge in [-0.25, -0.2) is 0 Å². The maximum Gasteiger partial charge on any atom is 0.224 e. The summed E-state index contributed by atoms with van der Waals surface area (Å²) in [6.07, 6.45) is 1.24. The highest BCUT2D eigenvalue weighted by Crippen LogP contribution is 2.32. The minimum atomic E-state index is -0.821. The van der Waals surface area contributed by atoms with Gasteiger partial charge in [0.25, 0.3) is 0 Å². The number of carbonyl (C=O) groups is 3. The van der Waals surface area contributed by atoms with Gasteiger partial charge in [0, 0.05) is 34.2 Å². The molecule has 0 unspecified atom stereocenters. The fourth-order valence-corrected chi connectivity index (χ4v) is 5.31. The fourth-order valence-electron chi connectivity index (χ4n) is 4.75. The van der Waals surface area contributed by atoms with Crippen molar-refractivity contribution >= 4 is 51.7 Å². The van der Waals surface area contributed by atoms with E-state index in [1.54, 1.807) is 18.2 Å². The van der Waals surface area contributed by atoms with E-state index in [1.165, 1.54) is 0 Å². The summed E-state index contributed by atoms with van der Waals surface area (Å²) in [5, 5.41) is 16.9. The Morgan fingerprint density at radius 1 is 1.26 bits per heavy atom. The Bertz CT molecular complexity index is 1190. The molecular weight excluding hydrogens is 487 g/mol. The number of nitriles is 1. The Balaban J connectivity index is 1.75. The van der Waals surface area contributed by atoms with Crippen molar-refractivity contribution in [1.82, 2.24) is 15.6 Å². The summed E-state index contributed by atoms with van der Waals surface area (Å²) in [5.41, 5.74) is 0.396. The molecule has 2 amide bonds. The van der Waals surface area contributed by atoms with Crippen LogP contribution in [0.2, 0.25) is 10.0 Å². The fraction of sp³-hybridized carbons (Fsp3) is 0.538. The molecule has 1 fully saturated rings. The standard InChI is InChI=1S/C26H32Cl2N4O3/c1-25(2,3)11-16(9-21(33)20-8-14-6-17(27)10-19(28)22(14)31-20)23(34)30-18(13-29)7-15-12-26(4,5)32-24(15)35/h6,8,10,15-16,18,31H,7,9,11-12H2,1-5H3,(H,30,34)(H,32,35)/t15-,16+,18+/m1/s1. The second-order valence-electron chi connectivity index (χ2n) is 11.3. The van der Waals surface area contributed by atoms with Gasteiger partial charge in [0.05, 0.1) is 22.3 Å². The number of nitrogens with zero attached hydrogens (tertiary/aromatic N) is 1. The molecule has 1 aliphatic heterocycles. The van der Waals surface area contributed by atoms with Gasteiger partial charge in [-0.15, -0.1) is 0 Å². The van der Waals surface area contributed by atoms with Crippen LogP contribution in [0, 0.1) is 28.6 Å². The Morgan fingerprint density at radius 3 is 2.51 bits per heavy atom. The molecule has 0 aliphatic carbocycles. The average Bonchev–Trinajstić information content (AvgIpc) is 3.25. The van der Waals surface area contributed by atoms with E-state index >= 15 is 0 Å². The van der Waals surface area contributed by atoms with Gasteiger partial charge in [-0.3, -0.25) is 14.4 Å². The smallest absolute Gasteiger partial charge is 0.224 e. The number of ketones is 1. The number of hydrogen-bond acceptors (Lipinski definition) is 4. The summed E-state index contributed by atoms with van der Waals surface area (Å²) >= 11 is 12.3. The third kappa shape index (κ3) is 6.99. The number of nitrogens with one attached hydrogen (secondary N) is 3. The molecule has 0 spiro atoms. The molecule has 0 bridgehead atoms. The molecule has 1 saturated heterocycles. The van der Waals surface area contributed by atoms with Crippen molar-refractivity contribution in [2.45, 2.75) is 71.9 Å². The lowest BCUT2D eigenvalue weighted by Crippen LogP contribution is -2.41. The summed E-state index contributed by atoms with van der Waals surface area (Å²) < 4.78 is 0. The van der Waals surface area contributed by atoms with E-state index in [9.17, 15) is 19.6 Å². The van der Waals surface area contributed by atoms with E-state index in [-0.39, 0.29) is 47.3 Å². The number of fused-ring (bicyclic) bond motifs is 1. The predicted octanol–water partition coefficient (Wildman–Crippen LogP) is 5.41. The van der Waals surface area contributed by atoms with Gasteiger partial charge in [0.1, 0.15) is 6.04 Å². The van der Waals surface area contributed by atoms with Gasteiger partial charge in [0.15, 0.2) is 5.78 Å². The van der Waals surface area contributed by atoms with Crippen molar-refractivity contribution in [3.05, 3.63) is 33.9 Å². The third-order valence-corrected chi connectivity index (χ3v) is 6.70. The summed E-state index contributed by atoms with van der Waals surface area (Å²) in [6, 6.07) is 6.28. The minimum absolute atomic E-state index is 0.0314. The van der Waals surface area contributed by atoms with E-state index in [1.807, 2.05) is 34.6 Å². The number of aromatic amines is 1. The van der Waals surface area contributed by atoms with E-state index < -0.39 is 12.0 Å². The highest BCUT2D eigenvalue weighted by Gasteiger charge is 2.39. The molecule has 1 aromatic carbocycles. The van der Waals surface area contributed by atoms with Crippen molar-refractivity contribution in [2.24, 2.45) is 17.3 Å². The Morgan fingerprint density at radius 2 is 1.94 bits per heavy atom. The predicted molar refractivity (Wildman–Crippen MR) is 137 cm³/mol. The molecule has 1 aliphatic rings. The summed E-state index contributed by atoms with van der Waals surface area (Å²) in [7, 11) is 0. The van der Waals surface area contributed by atoms with Gasteiger partial charge < -0.3 is 15.6 Å². The zero-order valence-electron chi connectivity index (χ0n) is 20.7. The summed E-state index contributed by atoms with van der Waals surface area (Å²) in [4.78, 5) is 41.7. The van der Waals surface area contributed by atoms with Crippen LogP contribution in [-0.4, -0.2) is 34.2 Å². The third-order valence-electron chi connectivity index (χ3n) is 6.19. The first-order valence-electron chi connectivity index (χ1n) is 11.7. The highest BCUT2D eigenvalue weighted by atomic mass is 35.5. The molecule has 7 nitrogen and oxygen atoms in total. The number of amides is 2. The molecule has 2 heterocycles. The van der Waals surface area contributed by atoms with Crippen molar-refractivity contribution in [3.63, 3.8) is 0 Å². The topological polar surface area (TPSA) is 115 Å². The van der Waals surface area contributed by atoms with Crippen LogP contribution in [0.5, 0.6) is 0 Å². The van der Waals surface area contributed by atoms with Gasteiger partial charge in [0.2, 0.25) is 11.8 Å². The Hall–Kier alpha value is -2.56. The first kappa shape index (κ1) is 27.0. The van der Waals surface area contributed by atoms with Crippen molar-refractivity contribution in [3.8, 4) is 6.07 Å². The van der Waals surface area contributed by atoms with Crippen LogP contribution in [0.1, 0.15) is 70.8 Å². The second kappa shape index (κ2) is 10.2. The number of carbonyl (C=O) groups excluding carboxylic acids is 3. The van der Waals surface area contributed by atoms with Crippen molar-refractivity contribution < 1.29 is 14.4 Å². The molecule has 3 N–H and O–H groups in total. The van der Waals surface area contributed by atoms with Crippen LogP contribution in [0.15, 0.2) is 18.2 Å². The number of Topliss-reactive ketones (excluding diaryl/α,β-unsaturated/α-hetero) is 1. The molecule has 9 heteroatoms. The van der Waals surface area contributed by atoms with Crippen LogP contribution >= 0.6 is 23.2 Å². The molecule has 0 radical (unpaired) electrons. The zero-order valence-corrected chi connectivity index (χ0v) is 22.2. The number of H-pyrrole nitrogens is 1. The maximum atomic E-state index is 13.2. The van der Waals surface area contributed by atoms with Crippen LogP contribution in [0.3, 0.4) is 0 Å². The monoisotopic (exact) mass is 518 g/mol. The lowest BCUT2D eigenvalue weighted by Gasteiger charge is -2.26. The zero-order chi connectivity index (χ0) is 26.1. The van der Waals surface area contributed by atoms with Crippen molar-refractivity contribution in [1.29, 1.82) is 5.26 Å². The van der Waals surface area contributed by atoms with Crippen LogP contribution in [-0.2, 0) is 9.59 Å². The Kier molecular flexibility index (Phi) is 7.88. The van der Waals surface area contributed by atoms with Crippen LogP contribution < -0.4 is 10.6 Å². The largest absolute Gasteiger partial charge is 0.351 e. The average molecular weight is 519 g/mol. The molecule has 0 saturated carbocycles. The van der Waals surface area contributed by atoms with Gasteiger partial charge >= 0.3 is 0 Å². The maximum absolute atomic E-state index is 13.2. The minimum Gasteiger partial charge on any atom is -0.351 e. The van der Waals surface area contributed by atoms with Gasteiger partial charge in [-0.2, -0.15) is 5.26 Å². The van der Waals surface area contributed by atoms with E-state index in [4.69, 9.17) is 23.2 Å². The molecule has 35 heavy (non-hydrogen) atoms. The van der Waals surface area contributed by atoms with Crippen LogP contribution in [0.25, 0.3) is 10.9 Å². The highest BCUT2D eigenvalue weighted by molar-refractivity contribution is 6.38. The SMILES string of the molecule is CC(C)(C)C[C@H](CC(=O)c1cc2cc(Cl)cc(Cl)c2[nH]1)C(=O)N[C@H](C#N)C[C@@H]1CC(C)(C)NC1=O. The quantitative estimate of drug-likeness (QED) is 0.405. The molecule has 3 rings (SSSR count). The number of benzene rings is 1. The lowest BCUT2D eigenvalue weighted by atomic mass is 9.81. The molecule has 3 atom stereocenters. The van der Waals surface area contributed by atoms with Gasteiger partial charge in [-0.05, 0) is 56.7 Å². The number of hydrogen-bond donors (Lipinski definition) is 3. The molecule has 188 valence electrons. The summed E-state index contributed by atoms with van der Waals surface area (Å²) in [5.74, 6) is -1.69. The number of halogens is 2. The summed E-state index contributed by atoms with van der Waals surface area (Å²) in [6.45, 7) is 9.85. The number of rotatable bonds is 8. The van der Waals surface area contributed by atoms with Crippen LogP contribution in [0.4, 0.5) is 0 Å². The van der Waals surface area contributed by atoms with Gasteiger partial charge in [-0.1, -0.05) is 44.0 Å². The lowest BCUT2D eigenvalue weighted by molar-refractivity contribution is -0.127. The molecule has 1 aromatic heterocycles. The first-order chi connectivity index (χ1) is 16.2. The Labute approximate surface area is 215 Å². The van der Waals surface area contributed by atoms with E-state index in [2.05, 4.69) is 21.7 Å². The second-order valence-corrected chi connectivity index (χ2v) is 12.2. The molecular formula is C26H32Cl2N4O3. The first-order valence-corrected chi connectivity index (χ1v) is 12.5. The normalized spacial score (nSPS) is 19.1. The molecule has 2 aromatic rings.